The van der Waals surface area contributed by atoms with Crippen LogP contribution < -0.4 is 10.6 Å². The molecular formula is C18H23N5O2S. The van der Waals surface area contributed by atoms with Crippen LogP contribution in [0.5, 0.6) is 0 Å². The van der Waals surface area contributed by atoms with E-state index in [1.165, 1.54) is 11.8 Å². The van der Waals surface area contributed by atoms with E-state index in [1.807, 2.05) is 43.5 Å². The number of aromatic nitrogens is 3. The van der Waals surface area contributed by atoms with E-state index in [2.05, 4.69) is 27.4 Å². The lowest BCUT2D eigenvalue weighted by Crippen LogP contribution is -2.39. The number of carbonyl (C=O) groups is 2. The fourth-order valence-electron chi connectivity index (χ4n) is 2.32. The third kappa shape index (κ3) is 4.95. The van der Waals surface area contributed by atoms with Crippen molar-refractivity contribution in [1.29, 1.82) is 0 Å². The molecule has 0 fully saturated rings. The molecule has 1 aromatic carbocycles. The van der Waals surface area contributed by atoms with Crippen LogP contribution in [0, 0.1) is 20.8 Å². The van der Waals surface area contributed by atoms with E-state index in [9.17, 15) is 9.59 Å². The van der Waals surface area contributed by atoms with Crippen molar-refractivity contribution in [2.75, 3.05) is 5.32 Å². The Morgan fingerprint density at radius 1 is 1.31 bits per heavy atom. The Bertz CT molecular complexity index is 831. The number of urea groups is 1. The van der Waals surface area contributed by atoms with Crippen LogP contribution in [0.2, 0.25) is 0 Å². The second kappa shape index (κ2) is 8.66. The van der Waals surface area contributed by atoms with Gasteiger partial charge in [-0.05, 0) is 39.3 Å². The zero-order chi connectivity index (χ0) is 19.3. The first kappa shape index (κ1) is 19.7. The number of thioether (sulfide) groups is 1. The lowest BCUT2D eigenvalue weighted by molar-refractivity contribution is -0.119. The van der Waals surface area contributed by atoms with Crippen molar-refractivity contribution in [3.63, 3.8) is 0 Å². The number of imide groups is 1. The Morgan fingerprint density at radius 3 is 2.69 bits per heavy atom. The summed E-state index contributed by atoms with van der Waals surface area (Å²) in [6.45, 7) is 11.7. The molecule has 0 aliphatic heterocycles. The van der Waals surface area contributed by atoms with Crippen molar-refractivity contribution < 1.29 is 9.59 Å². The minimum absolute atomic E-state index is 0.400. The highest BCUT2D eigenvalue weighted by atomic mass is 32.2. The van der Waals surface area contributed by atoms with Gasteiger partial charge in [-0.25, -0.2) is 4.79 Å². The first-order chi connectivity index (χ1) is 12.3. The Balaban J connectivity index is 1.96. The Kier molecular flexibility index (Phi) is 6.57. The van der Waals surface area contributed by atoms with Crippen LogP contribution >= 0.6 is 11.8 Å². The molecule has 7 nitrogen and oxygen atoms in total. The monoisotopic (exact) mass is 373 g/mol. The van der Waals surface area contributed by atoms with Crippen molar-refractivity contribution in [3.8, 4) is 0 Å². The highest BCUT2D eigenvalue weighted by molar-refractivity contribution is 8.00. The molecule has 1 atom stereocenters. The third-order valence-corrected chi connectivity index (χ3v) is 4.81. The number of nitrogens with zero attached hydrogens (tertiary/aromatic N) is 3. The summed E-state index contributed by atoms with van der Waals surface area (Å²) < 4.78 is 1.86. The van der Waals surface area contributed by atoms with Crippen LogP contribution in [0.3, 0.4) is 0 Å². The quantitative estimate of drug-likeness (QED) is 0.599. The van der Waals surface area contributed by atoms with E-state index in [-0.39, 0.29) is 0 Å². The van der Waals surface area contributed by atoms with E-state index >= 15 is 0 Å². The van der Waals surface area contributed by atoms with Gasteiger partial charge in [0.25, 0.3) is 0 Å². The lowest BCUT2D eigenvalue weighted by Gasteiger charge is -2.13. The molecule has 0 aliphatic rings. The number of aryl methyl sites for hydroxylation is 3. The van der Waals surface area contributed by atoms with Gasteiger partial charge in [0.05, 0.1) is 5.25 Å². The standard InChI is InChI=1S/C18H23N5O2S/c1-6-9-23-14(5)21-22-18(23)26-13(4)16(24)20-17(25)19-15-8-7-11(2)10-12(15)3/h6-8,10,13H,1,9H2,2-5H3,(H2,19,20,24,25). The maximum absolute atomic E-state index is 12.3. The summed E-state index contributed by atoms with van der Waals surface area (Å²) in [4.78, 5) is 24.4. The first-order valence-corrected chi connectivity index (χ1v) is 9.06. The summed E-state index contributed by atoms with van der Waals surface area (Å²) in [6.07, 6.45) is 1.74. The van der Waals surface area contributed by atoms with Crippen LogP contribution in [-0.2, 0) is 11.3 Å². The predicted octanol–water partition coefficient (Wildman–Crippen LogP) is 3.22. The van der Waals surface area contributed by atoms with E-state index in [0.717, 1.165) is 17.0 Å². The summed E-state index contributed by atoms with van der Waals surface area (Å²) >= 11 is 1.24. The van der Waals surface area contributed by atoms with Gasteiger partial charge in [-0.1, -0.05) is 35.5 Å². The molecule has 1 heterocycles. The van der Waals surface area contributed by atoms with Crippen LogP contribution in [0.1, 0.15) is 23.9 Å². The minimum atomic E-state index is -0.557. The predicted molar refractivity (Wildman–Crippen MR) is 103 cm³/mol. The lowest BCUT2D eigenvalue weighted by atomic mass is 10.1. The minimum Gasteiger partial charge on any atom is -0.307 e. The molecule has 0 bridgehead atoms. The van der Waals surface area contributed by atoms with Gasteiger partial charge in [0.2, 0.25) is 5.91 Å². The van der Waals surface area contributed by atoms with Gasteiger partial charge in [-0.3, -0.25) is 10.1 Å². The molecule has 1 aromatic heterocycles. The Labute approximate surface area is 157 Å². The number of amides is 3. The molecule has 8 heteroatoms. The molecule has 2 rings (SSSR count). The van der Waals surface area contributed by atoms with Gasteiger partial charge >= 0.3 is 6.03 Å². The number of rotatable bonds is 6. The van der Waals surface area contributed by atoms with Gasteiger partial charge in [-0.15, -0.1) is 16.8 Å². The van der Waals surface area contributed by atoms with Gasteiger partial charge in [0, 0.05) is 12.2 Å². The highest BCUT2D eigenvalue weighted by Crippen LogP contribution is 2.22. The molecular weight excluding hydrogens is 350 g/mol. The normalized spacial score (nSPS) is 11.7. The fourth-order valence-corrected chi connectivity index (χ4v) is 3.22. The largest absolute Gasteiger partial charge is 0.325 e. The van der Waals surface area contributed by atoms with Crippen molar-refractivity contribution in [2.45, 2.75) is 44.6 Å². The second-order valence-corrected chi connectivity index (χ2v) is 7.26. The van der Waals surface area contributed by atoms with Crippen LogP contribution in [0.4, 0.5) is 10.5 Å². The van der Waals surface area contributed by atoms with Crippen LogP contribution in [-0.4, -0.2) is 32.0 Å². The van der Waals surface area contributed by atoms with E-state index in [0.29, 0.717) is 17.4 Å². The molecule has 2 aromatic rings. The number of carbonyl (C=O) groups excluding carboxylic acids is 2. The summed E-state index contributed by atoms with van der Waals surface area (Å²) in [5.41, 5.74) is 2.71. The second-order valence-electron chi connectivity index (χ2n) is 5.95. The molecule has 1 unspecified atom stereocenters. The third-order valence-electron chi connectivity index (χ3n) is 3.73. The molecule has 3 amide bonds. The molecule has 138 valence electrons. The van der Waals surface area contributed by atoms with Gasteiger partial charge < -0.3 is 9.88 Å². The van der Waals surface area contributed by atoms with Gasteiger partial charge in [-0.2, -0.15) is 0 Å². The number of nitrogens with one attached hydrogen (secondary N) is 2. The average Bonchev–Trinajstić information content (AvgIpc) is 2.91. The zero-order valence-electron chi connectivity index (χ0n) is 15.4. The molecule has 26 heavy (non-hydrogen) atoms. The van der Waals surface area contributed by atoms with Crippen molar-refractivity contribution in [3.05, 3.63) is 47.8 Å². The van der Waals surface area contributed by atoms with E-state index in [1.54, 1.807) is 13.0 Å². The number of allylic oxidation sites excluding steroid dienone is 1. The summed E-state index contributed by atoms with van der Waals surface area (Å²) in [5.74, 6) is 0.343. The Hall–Kier alpha value is -2.61. The van der Waals surface area contributed by atoms with E-state index < -0.39 is 17.2 Å². The fraction of sp³-hybridized carbons (Fsp3) is 0.333. The van der Waals surface area contributed by atoms with E-state index in [4.69, 9.17) is 0 Å². The molecule has 0 spiro atoms. The zero-order valence-corrected chi connectivity index (χ0v) is 16.2. The summed E-state index contributed by atoms with van der Waals surface area (Å²) in [5, 5.41) is 13.2. The van der Waals surface area contributed by atoms with Gasteiger partial charge in [0.1, 0.15) is 5.82 Å². The summed E-state index contributed by atoms with van der Waals surface area (Å²) in [6, 6.07) is 5.12. The van der Waals surface area contributed by atoms with Gasteiger partial charge in [0.15, 0.2) is 5.16 Å². The maximum atomic E-state index is 12.3. The summed E-state index contributed by atoms with van der Waals surface area (Å²) in [7, 11) is 0. The average molecular weight is 373 g/mol. The maximum Gasteiger partial charge on any atom is 0.325 e. The van der Waals surface area contributed by atoms with Crippen molar-refractivity contribution >= 4 is 29.4 Å². The smallest absolute Gasteiger partial charge is 0.307 e. The highest BCUT2D eigenvalue weighted by Gasteiger charge is 2.20. The van der Waals surface area contributed by atoms with Crippen LogP contribution in [0.15, 0.2) is 36.0 Å². The number of anilines is 1. The number of hydrogen-bond acceptors (Lipinski definition) is 5. The molecule has 0 saturated carbocycles. The molecule has 2 N–H and O–H groups in total. The molecule has 0 saturated heterocycles. The molecule has 0 aliphatic carbocycles. The first-order valence-electron chi connectivity index (χ1n) is 8.18. The van der Waals surface area contributed by atoms with Crippen molar-refractivity contribution in [2.24, 2.45) is 0 Å². The topological polar surface area (TPSA) is 88.9 Å². The SMILES string of the molecule is C=CCn1c(C)nnc1SC(C)C(=O)NC(=O)Nc1ccc(C)cc1C. The Morgan fingerprint density at radius 2 is 2.04 bits per heavy atom. The van der Waals surface area contributed by atoms with Crippen LogP contribution in [0.25, 0.3) is 0 Å². The molecule has 0 radical (unpaired) electrons. The number of benzene rings is 1. The number of hydrogen-bond donors (Lipinski definition) is 2. The van der Waals surface area contributed by atoms with Crippen molar-refractivity contribution in [1.82, 2.24) is 20.1 Å².